The van der Waals surface area contributed by atoms with E-state index in [1.54, 1.807) is 0 Å². The van der Waals surface area contributed by atoms with Crippen LogP contribution < -0.4 is 10.6 Å². The summed E-state index contributed by atoms with van der Waals surface area (Å²) in [6, 6.07) is 10.4. The van der Waals surface area contributed by atoms with E-state index in [1.807, 2.05) is 31.2 Å². The Balaban J connectivity index is 1.87. The third-order valence-corrected chi connectivity index (χ3v) is 6.21. The van der Waals surface area contributed by atoms with Gasteiger partial charge in [-0.15, -0.1) is 11.3 Å². The number of hydrogen-bond acceptors (Lipinski definition) is 7. The Labute approximate surface area is 162 Å². The first-order valence-corrected chi connectivity index (χ1v) is 9.86. The molecule has 7 heteroatoms. The molecule has 3 aromatic rings. The van der Waals surface area contributed by atoms with E-state index in [4.69, 9.17) is 15.7 Å². The van der Waals surface area contributed by atoms with Crippen LogP contribution in [0.1, 0.15) is 16.0 Å². The first kappa shape index (κ1) is 17.9. The largest absolute Gasteiger partial charge is 0.353 e. The smallest absolute Gasteiger partial charge is 0.163 e. The van der Waals surface area contributed by atoms with Gasteiger partial charge in [0, 0.05) is 38.3 Å². The van der Waals surface area contributed by atoms with Gasteiger partial charge in [-0.05, 0) is 25.1 Å². The molecule has 1 fully saturated rings. The molecule has 4 rings (SSSR count). The lowest BCUT2D eigenvalue weighted by Gasteiger charge is -2.33. The highest BCUT2D eigenvalue weighted by atomic mass is 32.1. The van der Waals surface area contributed by atoms with E-state index in [1.165, 1.54) is 11.3 Å². The molecule has 0 amide bonds. The van der Waals surface area contributed by atoms with Crippen molar-refractivity contribution in [1.29, 1.82) is 5.26 Å². The third kappa shape index (κ3) is 3.28. The first-order valence-electron chi connectivity index (χ1n) is 9.05. The lowest BCUT2D eigenvalue weighted by Crippen LogP contribution is -2.45. The third-order valence-electron chi connectivity index (χ3n) is 5.12. The molecule has 0 spiro atoms. The number of fused-ring (bicyclic) bond motifs is 1. The Hall–Kier alpha value is -2.53. The van der Waals surface area contributed by atoms with Gasteiger partial charge in [-0.1, -0.05) is 24.3 Å². The van der Waals surface area contributed by atoms with Crippen LogP contribution in [-0.4, -0.2) is 48.1 Å². The predicted octanol–water partition coefficient (Wildman–Crippen LogP) is 2.75. The van der Waals surface area contributed by atoms with Crippen molar-refractivity contribution in [3.05, 3.63) is 40.3 Å². The number of anilines is 1. The highest BCUT2D eigenvalue weighted by Crippen LogP contribution is 2.37. The molecule has 0 radical (unpaired) electrons. The van der Waals surface area contributed by atoms with Crippen molar-refractivity contribution in [3.8, 4) is 17.5 Å². The molecule has 1 aromatic carbocycles. The van der Waals surface area contributed by atoms with Crippen molar-refractivity contribution in [2.75, 3.05) is 38.1 Å². The van der Waals surface area contributed by atoms with Gasteiger partial charge in [0.15, 0.2) is 5.82 Å². The average Bonchev–Trinajstić information content (AvgIpc) is 3.04. The summed E-state index contributed by atoms with van der Waals surface area (Å²) in [6.07, 6.45) is 0. The Morgan fingerprint density at radius 3 is 2.48 bits per heavy atom. The van der Waals surface area contributed by atoms with E-state index in [0.29, 0.717) is 17.2 Å². The molecular weight excluding hydrogens is 356 g/mol. The van der Waals surface area contributed by atoms with E-state index in [0.717, 1.165) is 58.9 Å². The van der Waals surface area contributed by atoms with Gasteiger partial charge in [0.25, 0.3) is 0 Å². The second-order valence-corrected chi connectivity index (χ2v) is 7.91. The van der Waals surface area contributed by atoms with E-state index < -0.39 is 0 Å². The van der Waals surface area contributed by atoms with Gasteiger partial charge in [-0.3, -0.25) is 0 Å². The van der Waals surface area contributed by atoms with Crippen LogP contribution in [0.4, 0.5) is 5.82 Å². The normalized spacial score (nSPS) is 15.3. The molecule has 1 saturated heterocycles. The van der Waals surface area contributed by atoms with E-state index in [9.17, 15) is 5.26 Å². The van der Waals surface area contributed by atoms with Crippen LogP contribution in [0.5, 0.6) is 0 Å². The standard InChI is InChI=1S/C20H22N6S/c1-13-16(12-22)27-20-17(13)19(26-9-7-25(2)8-10-26)23-18(24-20)15-5-3-14(11-21)4-6-15/h3-6H,7-11,21H2,1-2H3. The van der Waals surface area contributed by atoms with E-state index in [-0.39, 0.29) is 0 Å². The summed E-state index contributed by atoms with van der Waals surface area (Å²) in [5.41, 5.74) is 8.74. The van der Waals surface area contributed by atoms with Gasteiger partial charge in [0.2, 0.25) is 0 Å². The zero-order chi connectivity index (χ0) is 19.0. The lowest BCUT2D eigenvalue weighted by molar-refractivity contribution is 0.312. The number of nitrogens with zero attached hydrogens (tertiary/aromatic N) is 5. The number of hydrogen-bond donors (Lipinski definition) is 1. The van der Waals surface area contributed by atoms with Crippen molar-refractivity contribution < 1.29 is 0 Å². The van der Waals surface area contributed by atoms with Crippen molar-refractivity contribution in [1.82, 2.24) is 14.9 Å². The zero-order valence-corrected chi connectivity index (χ0v) is 16.4. The summed E-state index contributed by atoms with van der Waals surface area (Å²) in [5, 5.41) is 10.5. The molecule has 0 atom stereocenters. The maximum atomic E-state index is 9.48. The number of piperazine rings is 1. The minimum absolute atomic E-state index is 0.516. The second-order valence-electron chi connectivity index (χ2n) is 6.91. The monoisotopic (exact) mass is 378 g/mol. The molecule has 2 aromatic heterocycles. The van der Waals surface area contributed by atoms with Crippen LogP contribution in [0, 0.1) is 18.3 Å². The first-order chi connectivity index (χ1) is 13.1. The summed E-state index contributed by atoms with van der Waals surface area (Å²) < 4.78 is 0. The van der Waals surface area contributed by atoms with Gasteiger partial charge < -0.3 is 15.5 Å². The minimum atomic E-state index is 0.516. The summed E-state index contributed by atoms with van der Waals surface area (Å²) in [5.74, 6) is 1.65. The Morgan fingerprint density at radius 2 is 1.85 bits per heavy atom. The van der Waals surface area contributed by atoms with Crippen LogP contribution in [0.25, 0.3) is 21.6 Å². The van der Waals surface area contributed by atoms with Gasteiger partial charge in [0.1, 0.15) is 21.6 Å². The minimum Gasteiger partial charge on any atom is -0.353 e. The van der Waals surface area contributed by atoms with Gasteiger partial charge >= 0.3 is 0 Å². The van der Waals surface area contributed by atoms with Crippen molar-refractivity contribution in [2.45, 2.75) is 13.5 Å². The number of likely N-dealkylation sites (N-methyl/N-ethyl adjacent to an activating group) is 1. The fraction of sp³-hybridized carbons (Fsp3) is 0.350. The van der Waals surface area contributed by atoms with Gasteiger partial charge in [-0.2, -0.15) is 5.26 Å². The predicted molar refractivity (Wildman–Crippen MR) is 110 cm³/mol. The van der Waals surface area contributed by atoms with Crippen LogP contribution >= 0.6 is 11.3 Å². The molecule has 138 valence electrons. The highest BCUT2D eigenvalue weighted by Gasteiger charge is 2.23. The molecule has 1 aliphatic rings. The maximum absolute atomic E-state index is 9.48. The Morgan fingerprint density at radius 1 is 1.15 bits per heavy atom. The number of nitrogens with two attached hydrogens (primary N) is 1. The quantitative estimate of drug-likeness (QED) is 0.755. The summed E-state index contributed by atoms with van der Waals surface area (Å²) in [6.45, 7) is 6.36. The fourth-order valence-electron chi connectivity index (χ4n) is 3.39. The van der Waals surface area contributed by atoms with Crippen LogP contribution in [0.2, 0.25) is 0 Å². The molecule has 2 N–H and O–H groups in total. The van der Waals surface area contributed by atoms with Crippen molar-refractivity contribution >= 4 is 27.4 Å². The number of rotatable bonds is 3. The number of thiophene rings is 1. The van der Waals surface area contributed by atoms with Gasteiger partial charge in [0.05, 0.1) is 5.39 Å². The molecule has 0 bridgehead atoms. The molecule has 1 aliphatic heterocycles. The fourth-order valence-corrected chi connectivity index (χ4v) is 4.36. The van der Waals surface area contributed by atoms with E-state index in [2.05, 4.69) is 22.9 Å². The Bertz CT molecular complexity index is 1010. The molecule has 6 nitrogen and oxygen atoms in total. The summed E-state index contributed by atoms with van der Waals surface area (Å²) in [4.78, 5) is 16.0. The second kappa shape index (κ2) is 7.24. The van der Waals surface area contributed by atoms with E-state index >= 15 is 0 Å². The van der Waals surface area contributed by atoms with Crippen LogP contribution in [0.3, 0.4) is 0 Å². The Kier molecular flexibility index (Phi) is 4.79. The van der Waals surface area contributed by atoms with Crippen molar-refractivity contribution in [3.63, 3.8) is 0 Å². The zero-order valence-electron chi connectivity index (χ0n) is 15.6. The molecule has 0 unspecified atom stereocenters. The highest BCUT2D eigenvalue weighted by molar-refractivity contribution is 7.19. The molecule has 27 heavy (non-hydrogen) atoms. The molecular formula is C20H22N6S. The van der Waals surface area contributed by atoms with Crippen LogP contribution in [0.15, 0.2) is 24.3 Å². The molecule has 0 aliphatic carbocycles. The number of aryl methyl sites for hydroxylation is 1. The summed E-state index contributed by atoms with van der Waals surface area (Å²) in [7, 11) is 2.14. The van der Waals surface area contributed by atoms with Crippen molar-refractivity contribution in [2.24, 2.45) is 5.73 Å². The van der Waals surface area contributed by atoms with Gasteiger partial charge in [-0.25, -0.2) is 9.97 Å². The number of benzene rings is 1. The topological polar surface area (TPSA) is 82.1 Å². The summed E-state index contributed by atoms with van der Waals surface area (Å²) >= 11 is 1.45. The SMILES string of the molecule is Cc1c(C#N)sc2nc(-c3ccc(CN)cc3)nc(N3CCN(C)CC3)c12. The molecule has 0 saturated carbocycles. The average molecular weight is 379 g/mol. The lowest BCUT2D eigenvalue weighted by atomic mass is 10.1. The maximum Gasteiger partial charge on any atom is 0.163 e. The number of nitriles is 1. The molecule has 3 heterocycles. The van der Waals surface area contributed by atoms with Crippen LogP contribution in [-0.2, 0) is 6.54 Å². The number of aromatic nitrogens is 2.